The van der Waals surface area contributed by atoms with E-state index in [1.54, 1.807) is 38.4 Å². The zero-order chi connectivity index (χ0) is 17.9. The number of rotatable bonds is 5. The molecule has 2 aromatic carbocycles. The summed E-state index contributed by atoms with van der Waals surface area (Å²) in [6.07, 6.45) is 0. The van der Waals surface area contributed by atoms with Gasteiger partial charge >= 0.3 is 0 Å². The van der Waals surface area contributed by atoms with Crippen molar-refractivity contribution in [3.05, 3.63) is 58.6 Å². The Morgan fingerprint density at radius 2 is 1.38 bits per heavy atom. The molecule has 0 fully saturated rings. The number of halogens is 2. The van der Waals surface area contributed by atoms with E-state index in [4.69, 9.17) is 23.2 Å². The first kappa shape index (κ1) is 18.6. The Morgan fingerprint density at radius 3 is 1.83 bits per heavy atom. The molecule has 2 aromatic rings. The number of sulfonamides is 1. The molecule has 0 saturated heterocycles. The maximum atomic E-state index is 13.0. The van der Waals surface area contributed by atoms with Crippen LogP contribution in [0.15, 0.2) is 53.4 Å². The fraction of sp³-hybridized carbons (Fsp3) is 0.188. The Bertz CT molecular complexity index is 819. The second kappa shape index (κ2) is 7.42. The van der Waals surface area contributed by atoms with Crippen molar-refractivity contribution in [2.45, 2.75) is 4.90 Å². The predicted molar refractivity (Wildman–Crippen MR) is 96.1 cm³/mol. The van der Waals surface area contributed by atoms with E-state index >= 15 is 0 Å². The Kier molecular flexibility index (Phi) is 5.74. The summed E-state index contributed by atoms with van der Waals surface area (Å²) in [6, 6.07) is 12.0. The number of amides is 1. The summed E-state index contributed by atoms with van der Waals surface area (Å²) in [5.74, 6) is -0.345. The highest BCUT2D eigenvalue weighted by atomic mass is 35.5. The van der Waals surface area contributed by atoms with Crippen molar-refractivity contribution in [2.24, 2.45) is 0 Å². The summed E-state index contributed by atoms with van der Waals surface area (Å²) < 4.78 is 27.0. The standard InChI is InChI=1S/C16H16Cl2N2O3S/c1-19(2)16(21)11-20(14-7-3-12(17)4-8-14)24(22,23)15-9-5-13(18)6-10-15/h3-10H,11H2,1-2H3. The first-order valence-corrected chi connectivity index (χ1v) is 9.15. The van der Waals surface area contributed by atoms with Gasteiger partial charge in [0, 0.05) is 24.1 Å². The molecule has 0 heterocycles. The number of nitrogens with zero attached hydrogens (tertiary/aromatic N) is 2. The Labute approximate surface area is 151 Å². The SMILES string of the molecule is CN(C)C(=O)CN(c1ccc(Cl)cc1)S(=O)(=O)c1ccc(Cl)cc1. The summed E-state index contributed by atoms with van der Waals surface area (Å²) in [5.41, 5.74) is 0.351. The fourth-order valence-electron chi connectivity index (χ4n) is 1.92. The summed E-state index contributed by atoms with van der Waals surface area (Å²) in [6.45, 7) is -0.320. The topological polar surface area (TPSA) is 57.7 Å². The number of anilines is 1. The van der Waals surface area contributed by atoms with Gasteiger partial charge in [0.05, 0.1) is 10.6 Å². The van der Waals surface area contributed by atoms with Crippen molar-refractivity contribution in [1.82, 2.24) is 4.90 Å². The van der Waals surface area contributed by atoms with Gasteiger partial charge in [-0.15, -0.1) is 0 Å². The van der Waals surface area contributed by atoms with Crippen LogP contribution in [0.25, 0.3) is 0 Å². The monoisotopic (exact) mass is 386 g/mol. The minimum atomic E-state index is -3.93. The van der Waals surface area contributed by atoms with E-state index in [1.807, 2.05) is 0 Å². The largest absolute Gasteiger partial charge is 0.347 e. The molecule has 0 spiro atoms. The molecule has 0 aromatic heterocycles. The van der Waals surface area contributed by atoms with Crippen molar-refractivity contribution in [3.8, 4) is 0 Å². The molecular formula is C16H16Cl2N2O3S. The van der Waals surface area contributed by atoms with E-state index < -0.39 is 10.0 Å². The van der Waals surface area contributed by atoms with Gasteiger partial charge in [-0.2, -0.15) is 0 Å². The molecule has 0 aliphatic rings. The van der Waals surface area contributed by atoms with Crippen molar-refractivity contribution in [1.29, 1.82) is 0 Å². The summed E-state index contributed by atoms with van der Waals surface area (Å²) in [4.78, 5) is 13.5. The second-order valence-electron chi connectivity index (χ2n) is 5.23. The van der Waals surface area contributed by atoms with Crippen LogP contribution in [0, 0.1) is 0 Å². The van der Waals surface area contributed by atoms with Gasteiger partial charge in [-0.25, -0.2) is 8.42 Å². The number of likely N-dealkylation sites (N-methyl/N-ethyl adjacent to an activating group) is 1. The molecule has 0 aliphatic carbocycles. The van der Waals surface area contributed by atoms with Crippen molar-refractivity contribution in [2.75, 3.05) is 24.9 Å². The molecule has 0 N–H and O–H groups in total. The quantitative estimate of drug-likeness (QED) is 0.791. The van der Waals surface area contributed by atoms with Crippen LogP contribution in [0.5, 0.6) is 0 Å². The molecule has 0 atom stereocenters. The van der Waals surface area contributed by atoms with Crippen LogP contribution in [0.1, 0.15) is 0 Å². The molecule has 5 nitrogen and oxygen atoms in total. The van der Waals surface area contributed by atoms with Crippen molar-refractivity contribution >= 4 is 44.8 Å². The molecule has 0 radical (unpaired) electrons. The third-order valence-corrected chi connectivity index (χ3v) is 5.59. The molecule has 0 aliphatic heterocycles. The van der Waals surface area contributed by atoms with Crippen LogP contribution in [-0.2, 0) is 14.8 Å². The van der Waals surface area contributed by atoms with E-state index in [9.17, 15) is 13.2 Å². The van der Waals surface area contributed by atoms with Gasteiger partial charge in [-0.05, 0) is 48.5 Å². The molecule has 0 bridgehead atoms. The van der Waals surface area contributed by atoms with E-state index in [2.05, 4.69) is 0 Å². The highest BCUT2D eigenvalue weighted by Crippen LogP contribution is 2.26. The van der Waals surface area contributed by atoms with Crippen LogP contribution in [0.4, 0.5) is 5.69 Å². The molecule has 128 valence electrons. The lowest BCUT2D eigenvalue weighted by Crippen LogP contribution is -2.40. The molecular weight excluding hydrogens is 371 g/mol. The third-order valence-electron chi connectivity index (χ3n) is 3.29. The number of hydrogen-bond acceptors (Lipinski definition) is 3. The lowest BCUT2D eigenvalue weighted by atomic mass is 10.3. The normalized spacial score (nSPS) is 11.2. The third kappa shape index (κ3) is 4.20. The van der Waals surface area contributed by atoms with Crippen molar-refractivity contribution in [3.63, 3.8) is 0 Å². The lowest BCUT2D eigenvalue weighted by molar-refractivity contribution is -0.127. The van der Waals surface area contributed by atoms with Gasteiger partial charge in [-0.1, -0.05) is 23.2 Å². The van der Waals surface area contributed by atoms with Crippen LogP contribution >= 0.6 is 23.2 Å². The first-order chi connectivity index (χ1) is 11.2. The molecule has 0 unspecified atom stereocenters. The van der Waals surface area contributed by atoms with E-state index in [0.717, 1.165) is 4.31 Å². The molecule has 1 amide bonds. The van der Waals surface area contributed by atoms with Gasteiger partial charge in [-0.3, -0.25) is 9.10 Å². The Balaban J connectivity index is 2.49. The van der Waals surface area contributed by atoms with Crippen molar-refractivity contribution < 1.29 is 13.2 Å². The Hall–Kier alpha value is -1.76. The van der Waals surface area contributed by atoms with Crippen LogP contribution in [0.3, 0.4) is 0 Å². The number of benzene rings is 2. The molecule has 2 rings (SSSR count). The molecule has 0 saturated carbocycles. The average molecular weight is 387 g/mol. The van der Waals surface area contributed by atoms with Gasteiger partial charge in [0.1, 0.15) is 6.54 Å². The van der Waals surface area contributed by atoms with Crippen LogP contribution in [-0.4, -0.2) is 39.9 Å². The van der Waals surface area contributed by atoms with Gasteiger partial charge in [0.25, 0.3) is 10.0 Å². The molecule has 8 heteroatoms. The van der Waals surface area contributed by atoms with Gasteiger partial charge in [0.2, 0.25) is 5.91 Å². The van der Waals surface area contributed by atoms with E-state index in [-0.39, 0.29) is 17.3 Å². The van der Waals surface area contributed by atoms with E-state index in [1.165, 1.54) is 29.2 Å². The second-order valence-corrected chi connectivity index (χ2v) is 7.97. The minimum absolute atomic E-state index is 0.0495. The van der Waals surface area contributed by atoms with Gasteiger partial charge in [0.15, 0.2) is 0 Å². The summed E-state index contributed by atoms with van der Waals surface area (Å²) in [7, 11) is -0.795. The first-order valence-electron chi connectivity index (χ1n) is 6.96. The van der Waals surface area contributed by atoms with E-state index in [0.29, 0.717) is 15.7 Å². The maximum Gasteiger partial charge on any atom is 0.264 e. The highest BCUT2D eigenvalue weighted by molar-refractivity contribution is 7.92. The van der Waals surface area contributed by atoms with Crippen LogP contribution in [0.2, 0.25) is 10.0 Å². The smallest absolute Gasteiger partial charge is 0.264 e. The minimum Gasteiger partial charge on any atom is -0.347 e. The summed E-state index contributed by atoms with van der Waals surface area (Å²) >= 11 is 11.7. The predicted octanol–water partition coefficient (Wildman–Crippen LogP) is 3.28. The zero-order valence-corrected chi connectivity index (χ0v) is 15.4. The lowest BCUT2D eigenvalue weighted by Gasteiger charge is -2.25. The van der Waals surface area contributed by atoms with Crippen LogP contribution < -0.4 is 4.31 Å². The highest BCUT2D eigenvalue weighted by Gasteiger charge is 2.27. The fourth-order valence-corrected chi connectivity index (χ4v) is 3.59. The molecule has 24 heavy (non-hydrogen) atoms. The zero-order valence-electron chi connectivity index (χ0n) is 13.1. The maximum absolute atomic E-state index is 13.0. The average Bonchev–Trinajstić information content (AvgIpc) is 2.53. The number of carbonyl (C=O) groups excluding carboxylic acids is 1. The number of carbonyl (C=O) groups is 1. The number of hydrogen-bond donors (Lipinski definition) is 0. The van der Waals surface area contributed by atoms with Gasteiger partial charge < -0.3 is 4.90 Å². The Morgan fingerprint density at radius 1 is 0.917 bits per heavy atom. The summed E-state index contributed by atoms with van der Waals surface area (Å²) in [5, 5.41) is 0.901.